The Hall–Kier alpha value is -2.93. The number of β-amino-alcohol motifs (C(OH)–C–C–N with tert-alkyl or cyclic N) is 1. The lowest BCUT2D eigenvalue weighted by Gasteiger charge is -2.33. The molecule has 0 aromatic heterocycles. The molecule has 2 N–H and O–H groups in total. The van der Waals surface area contributed by atoms with E-state index in [9.17, 15) is 19.1 Å². The van der Waals surface area contributed by atoms with Crippen molar-refractivity contribution in [2.45, 2.75) is 18.1 Å². The topological polar surface area (TPSA) is 78.9 Å². The Bertz CT molecular complexity index is 887. The number of ether oxygens (including phenoxy) is 1. The van der Waals surface area contributed by atoms with Crippen LogP contribution in [0.1, 0.15) is 23.7 Å². The van der Waals surface area contributed by atoms with Crippen molar-refractivity contribution in [1.82, 2.24) is 10.2 Å². The molecule has 0 unspecified atom stereocenters. The second-order valence-corrected chi connectivity index (χ2v) is 6.38. The van der Waals surface area contributed by atoms with E-state index in [1.165, 1.54) is 18.2 Å². The van der Waals surface area contributed by atoms with Crippen LogP contribution in [0.4, 0.5) is 9.18 Å². The molecule has 0 aliphatic carbocycles. The minimum Gasteiger partial charge on any atom is -0.493 e. The van der Waals surface area contributed by atoms with Gasteiger partial charge in [-0.1, -0.05) is 36.4 Å². The maximum atomic E-state index is 13.9. The molecular formula is C19H17FN2O4. The molecular weight excluding hydrogens is 339 g/mol. The molecule has 1 saturated heterocycles. The Labute approximate surface area is 149 Å². The molecule has 7 heteroatoms. The van der Waals surface area contributed by atoms with Gasteiger partial charge < -0.3 is 15.2 Å². The first kappa shape index (κ1) is 16.5. The number of hydrogen-bond donors (Lipinski definition) is 2. The summed E-state index contributed by atoms with van der Waals surface area (Å²) in [6.07, 6.45) is -1.02. The van der Waals surface area contributed by atoms with Crippen LogP contribution in [0, 0.1) is 5.82 Å². The van der Waals surface area contributed by atoms with E-state index < -0.39 is 29.4 Å². The van der Waals surface area contributed by atoms with Crippen molar-refractivity contribution in [3.8, 4) is 5.75 Å². The molecule has 2 aliphatic heterocycles. The Morgan fingerprint density at radius 1 is 1.19 bits per heavy atom. The third-order valence-electron chi connectivity index (χ3n) is 4.88. The van der Waals surface area contributed by atoms with Gasteiger partial charge in [-0.15, -0.1) is 0 Å². The van der Waals surface area contributed by atoms with Crippen molar-refractivity contribution in [2.75, 3.05) is 13.2 Å². The van der Waals surface area contributed by atoms with Gasteiger partial charge in [0.15, 0.2) is 5.54 Å². The van der Waals surface area contributed by atoms with Gasteiger partial charge in [-0.3, -0.25) is 9.69 Å². The van der Waals surface area contributed by atoms with Gasteiger partial charge in [0.05, 0.1) is 19.3 Å². The first-order chi connectivity index (χ1) is 12.5. The highest BCUT2D eigenvalue weighted by atomic mass is 19.1. The number of imide groups is 1. The standard InChI is InChI=1S/C19H17FN2O4/c20-14-7-3-1-5-12(14)15(23)11-22-17(24)19(21-18(22)25)9-10-26-16-8-4-2-6-13(16)19/h1-8,15,23H,9-11H2,(H,21,25)/t15-,19-/m1/s1. The number of halogens is 1. The van der Waals surface area contributed by atoms with Gasteiger partial charge in [0.25, 0.3) is 5.91 Å². The fraction of sp³-hybridized carbons (Fsp3) is 0.263. The Kier molecular flexibility index (Phi) is 3.88. The minimum atomic E-state index is -1.31. The summed E-state index contributed by atoms with van der Waals surface area (Å²) in [5.74, 6) is -0.504. The number of carbonyl (C=O) groups excluding carboxylic acids is 2. The quantitative estimate of drug-likeness (QED) is 0.826. The van der Waals surface area contributed by atoms with Crippen molar-refractivity contribution in [3.05, 3.63) is 65.5 Å². The Morgan fingerprint density at radius 2 is 1.92 bits per heavy atom. The second kappa shape index (κ2) is 6.10. The average molecular weight is 356 g/mol. The zero-order valence-electron chi connectivity index (χ0n) is 13.8. The molecule has 1 fully saturated rings. The van der Waals surface area contributed by atoms with Crippen molar-refractivity contribution in [3.63, 3.8) is 0 Å². The van der Waals surface area contributed by atoms with Crippen molar-refractivity contribution in [1.29, 1.82) is 0 Å². The highest BCUT2D eigenvalue weighted by molar-refractivity contribution is 6.08. The average Bonchev–Trinajstić information content (AvgIpc) is 2.87. The lowest BCUT2D eigenvalue weighted by atomic mass is 9.84. The maximum absolute atomic E-state index is 13.9. The summed E-state index contributed by atoms with van der Waals surface area (Å²) in [5, 5.41) is 13.1. The molecule has 1 spiro atoms. The molecule has 2 atom stereocenters. The molecule has 134 valence electrons. The molecule has 0 bridgehead atoms. The molecule has 26 heavy (non-hydrogen) atoms. The van der Waals surface area contributed by atoms with E-state index in [0.717, 1.165) is 4.90 Å². The third-order valence-corrected chi connectivity index (χ3v) is 4.88. The summed E-state index contributed by atoms with van der Waals surface area (Å²) < 4.78 is 19.4. The number of nitrogens with zero attached hydrogens (tertiary/aromatic N) is 1. The van der Waals surface area contributed by atoms with Crippen LogP contribution < -0.4 is 10.1 Å². The zero-order valence-corrected chi connectivity index (χ0v) is 13.8. The third kappa shape index (κ3) is 2.43. The maximum Gasteiger partial charge on any atom is 0.325 e. The molecule has 0 saturated carbocycles. The highest BCUT2D eigenvalue weighted by Gasteiger charge is 2.55. The van der Waals surface area contributed by atoms with Gasteiger partial charge >= 0.3 is 6.03 Å². The van der Waals surface area contributed by atoms with Gasteiger partial charge in [-0.2, -0.15) is 0 Å². The number of aliphatic hydroxyl groups is 1. The predicted molar refractivity (Wildman–Crippen MR) is 89.8 cm³/mol. The van der Waals surface area contributed by atoms with Crippen LogP contribution in [0.5, 0.6) is 5.75 Å². The molecule has 2 aliphatic rings. The van der Waals surface area contributed by atoms with Crippen molar-refractivity contribution >= 4 is 11.9 Å². The number of benzene rings is 2. The van der Waals surface area contributed by atoms with Gasteiger partial charge in [0.2, 0.25) is 0 Å². The summed E-state index contributed by atoms with van der Waals surface area (Å²) in [5.41, 5.74) is -0.574. The van der Waals surface area contributed by atoms with Crippen LogP contribution in [0.15, 0.2) is 48.5 Å². The number of urea groups is 1. The summed E-state index contributed by atoms with van der Waals surface area (Å²) in [6, 6.07) is 12.2. The van der Waals surface area contributed by atoms with Crippen LogP contribution in [0.3, 0.4) is 0 Å². The fourth-order valence-corrected chi connectivity index (χ4v) is 3.55. The van der Waals surface area contributed by atoms with E-state index in [4.69, 9.17) is 4.74 Å². The smallest absolute Gasteiger partial charge is 0.325 e. The molecule has 0 radical (unpaired) electrons. The van der Waals surface area contributed by atoms with Crippen LogP contribution in [0.2, 0.25) is 0 Å². The SMILES string of the molecule is O=C1N[C@@]2(CCOc3ccccc32)C(=O)N1C[C@@H](O)c1ccccc1F. The van der Waals surface area contributed by atoms with Crippen LogP contribution >= 0.6 is 0 Å². The molecule has 2 aromatic rings. The van der Waals surface area contributed by atoms with E-state index in [1.807, 2.05) is 0 Å². The normalized spacial score (nSPS) is 22.8. The van der Waals surface area contributed by atoms with E-state index in [0.29, 0.717) is 17.7 Å². The van der Waals surface area contributed by atoms with E-state index in [1.54, 1.807) is 30.3 Å². The first-order valence-corrected chi connectivity index (χ1v) is 8.32. The van der Waals surface area contributed by atoms with Crippen molar-refractivity contribution in [2.24, 2.45) is 0 Å². The van der Waals surface area contributed by atoms with E-state index in [-0.39, 0.29) is 18.7 Å². The summed E-state index contributed by atoms with van der Waals surface area (Å²) in [4.78, 5) is 26.5. The van der Waals surface area contributed by atoms with Crippen molar-refractivity contribution < 1.29 is 23.8 Å². The summed E-state index contributed by atoms with van der Waals surface area (Å²) in [7, 11) is 0. The monoisotopic (exact) mass is 356 g/mol. The molecule has 3 amide bonds. The molecule has 2 heterocycles. The largest absolute Gasteiger partial charge is 0.493 e. The van der Waals surface area contributed by atoms with Crippen LogP contribution in [0.25, 0.3) is 0 Å². The lowest BCUT2D eigenvalue weighted by Crippen LogP contribution is -2.47. The number of aliphatic hydroxyl groups excluding tert-OH is 1. The molecule has 6 nitrogen and oxygen atoms in total. The Morgan fingerprint density at radius 3 is 2.73 bits per heavy atom. The van der Waals surface area contributed by atoms with Gasteiger partial charge in [0.1, 0.15) is 11.6 Å². The number of hydrogen-bond acceptors (Lipinski definition) is 4. The molecule has 4 rings (SSSR count). The van der Waals surface area contributed by atoms with Gasteiger partial charge in [0, 0.05) is 17.5 Å². The van der Waals surface area contributed by atoms with E-state index >= 15 is 0 Å². The number of para-hydroxylation sites is 1. The number of carbonyl (C=O) groups is 2. The number of nitrogens with one attached hydrogen (secondary N) is 1. The lowest BCUT2D eigenvalue weighted by molar-refractivity contribution is -0.133. The molecule has 2 aromatic carbocycles. The van der Waals surface area contributed by atoms with Crippen LogP contribution in [-0.2, 0) is 10.3 Å². The first-order valence-electron chi connectivity index (χ1n) is 8.32. The number of amides is 3. The van der Waals surface area contributed by atoms with Gasteiger partial charge in [-0.25, -0.2) is 9.18 Å². The summed E-state index contributed by atoms with van der Waals surface area (Å²) >= 11 is 0. The fourth-order valence-electron chi connectivity index (χ4n) is 3.55. The zero-order chi connectivity index (χ0) is 18.3. The van der Waals surface area contributed by atoms with Gasteiger partial charge in [-0.05, 0) is 12.1 Å². The van der Waals surface area contributed by atoms with Crippen LogP contribution in [-0.4, -0.2) is 35.1 Å². The highest BCUT2D eigenvalue weighted by Crippen LogP contribution is 2.41. The second-order valence-electron chi connectivity index (χ2n) is 6.38. The Balaban J connectivity index is 1.64. The number of rotatable bonds is 3. The number of fused-ring (bicyclic) bond motifs is 2. The predicted octanol–water partition coefficient (Wildman–Crippen LogP) is 2.09. The summed E-state index contributed by atoms with van der Waals surface area (Å²) in [6.45, 7) is -0.0386. The minimum absolute atomic E-state index is 0.0430. The van der Waals surface area contributed by atoms with E-state index in [2.05, 4.69) is 5.32 Å².